The molecule has 0 saturated carbocycles. The fourth-order valence-electron chi connectivity index (χ4n) is 2.42. The monoisotopic (exact) mass is 553 g/mol. The van der Waals surface area contributed by atoms with Gasteiger partial charge in [-0.3, -0.25) is 0 Å². The van der Waals surface area contributed by atoms with Crippen LogP contribution in [0.3, 0.4) is 0 Å². The third-order valence-electron chi connectivity index (χ3n) is 4.46. The van der Waals surface area contributed by atoms with Crippen molar-refractivity contribution in [1.82, 2.24) is 16.0 Å². The molecule has 0 atom stereocenters. The molecule has 0 aliphatic carbocycles. The second-order valence-electron chi connectivity index (χ2n) is 8.36. The highest BCUT2D eigenvalue weighted by Gasteiger charge is 2.31. The molecule has 0 fully saturated rings. The summed E-state index contributed by atoms with van der Waals surface area (Å²) in [4.78, 5) is 70.1. The Hall–Kier alpha value is -4.62. The molecule has 0 aliphatic heterocycles. The zero-order valence-electron chi connectivity index (χ0n) is 22.1. The fourth-order valence-corrected chi connectivity index (χ4v) is 2.42. The lowest BCUT2D eigenvalue weighted by atomic mass is 10.1. The predicted molar refractivity (Wildman–Crippen MR) is 137 cm³/mol. The van der Waals surface area contributed by atoms with Crippen LogP contribution in [0, 0.1) is 0 Å². The Morgan fingerprint density at radius 1 is 0.615 bits per heavy atom. The number of carbonyl (C=O) groups excluding carboxylic acids is 6. The van der Waals surface area contributed by atoms with Crippen molar-refractivity contribution >= 4 is 36.0 Å². The van der Waals surface area contributed by atoms with Crippen LogP contribution in [0.2, 0.25) is 0 Å². The van der Waals surface area contributed by atoms with Gasteiger partial charge in [0.1, 0.15) is 37.5 Å². The number of hydrogen-bond donors (Lipinski definition) is 3. The van der Waals surface area contributed by atoms with Gasteiger partial charge in [0.2, 0.25) is 0 Å². The van der Waals surface area contributed by atoms with Gasteiger partial charge in [0, 0.05) is 30.8 Å². The lowest BCUT2D eigenvalue weighted by molar-refractivity contribution is -0.145. The highest BCUT2D eigenvalue weighted by Crippen LogP contribution is 2.09. The Labute approximate surface area is 226 Å². The van der Waals surface area contributed by atoms with Crippen molar-refractivity contribution < 1.29 is 52.5 Å². The van der Waals surface area contributed by atoms with E-state index >= 15 is 0 Å². The molecule has 14 heteroatoms. The van der Waals surface area contributed by atoms with Crippen molar-refractivity contribution in [2.45, 2.75) is 31.3 Å². The van der Waals surface area contributed by atoms with E-state index < -0.39 is 47.1 Å². The molecule has 0 unspecified atom stereocenters. The molecule has 0 aliphatic rings. The summed E-state index contributed by atoms with van der Waals surface area (Å²) in [7, 11) is 0. The topological polar surface area (TPSA) is 185 Å². The second-order valence-corrected chi connectivity index (χ2v) is 8.36. The standard InChI is InChI=1S/C25H35N3O11/c1-7-18(29)36-14-24(5,15-37-19(30)8-2)27-22(33)26-12-11-13-35-23(34)28-25(6,16-38-20(31)9-3)17-39-21(32)10-4/h7-10H,1-4,11-17H2,5-6H3,(H,28,34)(H2,26,27,33). The normalized spacial score (nSPS) is 10.5. The minimum absolute atomic E-state index is 0.0687. The van der Waals surface area contributed by atoms with Gasteiger partial charge in [-0.05, 0) is 20.3 Å². The lowest BCUT2D eigenvalue weighted by Gasteiger charge is -2.29. The summed E-state index contributed by atoms with van der Waals surface area (Å²) in [6, 6.07) is -0.674. The molecule has 0 aromatic heterocycles. The zero-order valence-corrected chi connectivity index (χ0v) is 22.1. The maximum absolute atomic E-state index is 12.3. The largest absolute Gasteiger partial charge is 0.460 e. The van der Waals surface area contributed by atoms with E-state index in [9.17, 15) is 28.8 Å². The smallest absolute Gasteiger partial charge is 0.407 e. The minimum Gasteiger partial charge on any atom is -0.460 e. The van der Waals surface area contributed by atoms with E-state index in [2.05, 4.69) is 42.3 Å². The lowest BCUT2D eigenvalue weighted by Crippen LogP contribution is -2.56. The predicted octanol–water partition coefficient (Wildman–Crippen LogP) is 0.836. The summed E-state index contributed by atoms with van der Waals surface area (Å²) in [6.07, 6.45) is 3.05. The summed E-state index contributed by atoms with van der Waals surface area (Å²) in [5.41, 5.74) is -2.59. The summed E-state index contributed by atoms with van der Waals surface area (Å²) in [6.45, 7) is 14.7. The maximum Gasteiger partial charge on any atom is 0.407 e. The van der Waals surface area contributed by atoms with E-state index in [-0.39, 0.29) is 46.0 Å². The Morgan fingerprint density at radius 2 is 0.974 bits per heavy atom. The number of amides is 3. The van der Waals surface area contributed by atoms with E-state index in [0.717, 1.165) is 24.3 Å². The van der Waals surface area contributed by atoms with Gasteiger partial charge in [0.25, 0.3) is 0 Å². The number of rotatable bonds is 18. The zero-order chi connectivity index (χ0) is 29.9. The molecule has 216 valence electrons. The van der Waals surface area contributed by atoms with Gasteiger partial charge < -0.3 is 39.6 Å². The second kappa shape index (κ2) is 17.8. The Kier molecular flexibility index (Phi) is 15.7. The van der Waals surface area contributed by atoms with Gasteiger partial charge in [-0.1, -0.05) is 26.3 Å². The summed E-state index contributed by atoms with van der Waals surface area (Å²) in [5, 5.41) is 7.53. The number of urea groups is 1. The minimum atomic E-state index is -1.32. The molecule has 39 heavy (non-hydrogen) atoms. The Morgan fingerprint density at radius 3 is 1.33 bits per heavy atom. The Bertz CT molecular complexity index is 824. The molecule has 14 nitrogen and oxygen atoms in total. The fraction of sp³-hybridized carbons (Fsp3) is 0.440. The van der Waals surface area contributed by atoms with Crippen molar-refractivity contribution in [3.8, 4) is 0 Å². The van der Waals surface area contributed by atoms with Gasteiger partial charge in [0.15, 0.2) is 0 Å². The molecular weight excluding hydrogens is 518 g/mol. The Balaban J connectivity index is 4.75. The van der Waals surface area contributed by atoms with E-state index in [1.807, 2.05) is 0 Å². The van der Waals surface area contributed by atoms with Gasteiger partial charge in [-0.2, -0.15) is 0 Å². The first-order chi connectivity index (χ1) is 18.3. The van der Waals surface area contributed by atoms with E-state index in [0.29, 0.717) is 0 Å². The molecule has 0 saturated heterocycles. The van der Waals surface area contributed by atoms with Crippen LogP contribution in [0.5, 0.6) is 0 Å². The van der Waals surface area contributed by atoms with E-state index in [4.69, 9.17) is 23.7 Å². The van der Waals surface area contributed by atoms with Crippen LogP contribution < -0.4 is 16.0 Å². The van der Waals surface area contributed by atoms with Crippen molar-refractivity contribution in [3.63, 3.8) is 0 Å². The molecule has 0 spiro atoms. The van der Waals surface area contributed by atoms with Gasteiger partial charge >= 0.3 is 36.0 Å². The number of alkyl carbamates (subject to hydrolysis) is 1. The van der Waals surface area contributed by atoms with Crippen LogP contribution in [0.4, 0.5) is 9.59 Å². The van der Waals surface area contributed by atoms with E-state index in [1.54, 1.807) is 0 Å². The molecular formula is C25H35N3O11. The average Bonchev–Trinajstić information content (AvgIpc) is 2.91. The number of nitrogens with one attached hydrogen (secondary N) is 3. The molecule has 0 bridgehead atoms. The van der Waals surface area contributed by atoms with E-state index in [1.165, 1.54) is 13.8 Å². The SMILES string of the molecule is C=CC(=O)OCC(C)(COC(=O)C=C)NC(=O)NCCCOC(=O)NC(C)(COC(=O)C=C)COC(=O)C=C. The number of carbonyl (C=O) groups is 6. The quantitative estimate of drug-likeness (QED) is 0.0945. The third-order valence-corrected chi connectivity index (χ3v) is 4.46. The molecule has 0 aromatic rings. The van der Waals surface area contributed by atoms with Crippen molar-refractivity contribution in [2.75, 3.05) is 39.6 Å². The van der Waals surface area contributed by atoms with Crippen molar-refractivity contribution in [3.05, 3.63) is 50.6 Å². The average molecular weight is 554 g/mol. The molecule has 0 aromatic carbocycles. The number of hydrogen-bond acceptors (Lipinski definition) is 11. The van der Waals surface area contributed by atoms with Crippen molar-refractivity contribution in [1.29, 1.82) is 0 Å². The molecule has 3 N–H and O–H groups in total. The number of ether oxygens (including phenoxy) is 5. The van der Waals surface area contributed by atoms with Crippen LogP contribution in [0.25, 0.3) is 0 Å². The first-order valence-corrected chi connectivity index (χ1v) is 11.5. The van der Waals surface area contributed by atoms with Crippen molar-refractivity contribution in [2.24, 2.45) is 0 Å². The first-order valence-electron chi connectivity index (χ1n) is 11.5. The van der Waals surface area contributed by atoms with Crippen LogP contribution in [0.15, 0.2) is 50.6 Å². The van der Waals surface area contributed by atoms with Crippen LogP contribution in [0.1, 0.15) is 20.3 Å². The van der Waals surface area contributed by atoms with Crippen LogP contribution in [-0.4, -0.2) is 86.7 Å². The summed E-state index contributed by atoms with van der Waals surface area (Å²) < 4.78 is 24.9. The maximum atomic E-state index is 12.3. The molecule has 0 heterocycles. The molecule has 3 amide bonds. The summed E-state index contributed by atoms with van der Waals surface area (Å²) in [5.74, 6) is -2.96. The highest BCUT2D eigenvalue weighted by molar-refractivity contribution is 5.82. The highest BCUT2D eigenvalue weighted by atomic mass is 16.6. The number of esters is 4. The third kappa shape index (κ3) is 16.0. The van der Waals surface area contributed by atoms with Gasteiger partial charge in [-0.15, -0.1) is 0 Å². The van der Waals surface area contributed by atoms with Crippen LogP contribution >= 0.6 is 0 Å². The van der Waals surface area contributed by atoms with Gasteiger partial charge in [-0.25, -0.2) is 28.8 Å². The molecule has 0 radical (unpaired) electrons. The molecule has 0 rings (SSSR count). The van der Waals surface area contributed by atoms with Crippen LogP contribution in [-0.2, 0) is 42.9 Å². The summed E-state index contributed by atoms with van der Waals surface area (Å²) >= 11 is 0. The first kappa shape index (κ1) is 34.4. The van der Waals surface area contributed by atoms with Gasteiger partial charge in [0.05, 0.1) is 6.61 Å².